The maximum absolute atomic E-state index is 5.98. The largest absolute Gasteiger partial charge is 0.423 e. The summed E-state index contributed by atoms with van der Waals surface area (Å²) in [5, 5.41) is 3.87. The summed E-state index contributed by atoms with van der Waals surface area (Å²) in [6.07, 6.45) is 4.01. The first-order valence-electron chi connectivity index (χ1n) is 8.41. The topological polar surface area (TPSA) is 41.3 Å². The van der Waals surface area contributed by atoms with Crippen LogP contribution in [0, 0.1) is 0 Å². The van der Waals surface area contributed by atoms with Gasteiger partial charge in [0.25, 0.3) is 6.01 Å². The van der Waals surface area contributed by atoms with E-state index in [0.717, 1.165) is 23.3 Å². The number of hydrogen-bond donors (Lipinski definition) is 1. The maximum Gasteiger partial charge on any atom is 0.300 e. The monoisotopic (exact) mass is 341 g/mol. The third kappa shape index (κ3) is 3.55. The lowest BCUT2D eigenvalue weighted by molar-refractivity contribution is 0.221. The molecule has 0 radical (unpaired) electrons. The molecule has 3 aromatic rings. The van der Waals surface area contributed by atoms with Crippen LogP contribution in [-0.2, 0) is 6.54 Å². The Morgan fingerprint density at radius 2 is 1.83 bits per heavy atom. The summed E-state index contributed by atoms with van der Waals surface area (Å²) < 4.78 is 5.69. The minimum absolute atomic E-state index is 0.482. The van der Waals surface area contributed by atoms with Gasteiger partial charge in [-0.3, -0.25) is 4.90 Å². The number of anilines is 2. The molecule has 1 aliphatic heterocycles. The zero-order valence-corrected chi connectivity index (χ0v) is 14.2. The van der Waals surface area contributed by atoms with Gasteiger partial charge in [-0.25, -0.2) is 0 Å². The summed E-state index contributed by atoms with van der Waals surface area (Å²) in [5.41, 5.74) is 3.79. The third-order valence-corrected chi connectivity index (χ3v) is 4.64. The average Bonchev–Trinajstić information content (AvgIpc) is 2.99. The van der Waals surface area contributed by atoms with Gasteiger partial charge in [0.15, 0.2) is 5.58 Å². The molecule has 2 heterocycles. The Labute approximate surface area is 146 Å². The molecule has 1 saturated heterocycles. The van der Waals surface area contributed by atoms with Gasteiger partial charge in [0.2, 0.25) is 0 Å². The van der Waals surface area contributed by atoms with Crippen molar-refractivity contribution >= 4 is 34.4 Å². The molecule has 2 aromatic carbocycles. The highest BCUT2D eigenvalue weighted by Crippen LogP contribution is 2.25. The van der Waals surface area contributed by atoms with Crippen molar-refractivity contribution in [3.63, 3.8) is 0 Å². The van der Waals surface area contributed by atoms with Crippen molar-refractivity contribution in [2.75, 3.05) is 18.4 Å². The standard InChI is InChI=1S/C19H20ClN3O/c20-15-6-9-18-17(12-15)22-19(24-18)21-16-7-4-14(5-8-16)13-23-10-2-1-3-11-23/h4-9,12H,1-3,10-11,13H2,(H,21,22). The number of oxazole rings is 1. The van der Waals surface area contributed by atoms with Gasteiger partial charge in [0, 0.05) is 17.3 Å². The van der Waals surface area contributed by atoms with E-state index in [4.69, 9.17) is 16.0 Å². The predicted molar refractivity (Wildman–Crippen MR) is 97.9 cm³/mol. The summed E-state index contributed by atoms with van der Waals surface area (Å²) in [7, 11) is 0. The van der Waals surface area contributed by atoms with Gasteiger partial charge in [-0.2, -0.15) is 4.98 Å². The lowest BCUT2D eigenvalue weighted by Crippen LogP contribution is -2.29. The molecule has 4 rings (SSSR count). The van der Waals surface area contributed by atoms with Gasteiger partial charge >= 0.3 is 0 Å². The summed E-state index contributed by atoms with van der Waals surface area (Å²) in [4.78, 5) is 6.94. The molecule has 24 heavy (non-hydrogen) atoms. The smallest absolute Gasteiger partial charge is 0.300 e. The fourth-order valence-corrected chi connectivity index (χ4v) is 3.31. The number of rotatable bonds is 4. The van der Waals surface area contributed by atoms with E-state index in [1.54, 1.807) is 12.1 Å². The van der Waals surface area contributed by atoms with Crippen LogP contribution < -0.4 is 5.32 Å². The van der Waals surface area contributed by atoms with E-state index < -0.39 is 0 Å². The number of likely N-dealkylation sites (tertiary alicyclic amines) is 1. The summed E-state index contributed by atoms with van der Waals surface area (Å²) in [5.74, 6) is 0. The first-order chi connectivity index (χ1) is 11.8. The molecule has 0 spiro atoms. The molecule has 1 aromatic heterocycles. The number of piperidine rings is 1. The van der Waals surface area contributed by atoms with Crippen LogP contribution >= 0.6 is 11.6 Å². The van der Waals surface area contributed by atoms with Crippen molar-refractivity contribution < 1.29 is 4.42 Å². The molecular weight excluding hydrogens is 322 g/mol. The van der Waals surface area contributed by atoms with Crippen molar-refractivity contribution in [1.82, 2.24) is 9.88 Å². The highest BCUT2D eigenvalue weighted by atomic mass is 35.5. The summed E-state index contributed by atoms with van der Waals surface area (Å²) in [6.45, 7) is 3.46. The van der Waals surface area contributed by atoms with E-state index in [2.05, 4.69) is 39.5 Å². The third-order valence-electron chi connectivity index (χ3n) is 4.41. The fourth-order valence-electron chi connectivity index (χ4n) is 3.15. The quantitative estimate of drug-likeness (QED) is 0.707. The highest BCUT2D eigenvalue weighted by Gasteiger charge is 2.10. The molecule has 0 atom stereocenters. The van der Waals surface area contributed by atoms with Gasteiger partial charge in [0.05, 0.1) is 0 Å². The molecule has 1 N–H and O–H groups in total. The average molecular weight is 342 g/mol. The van der Waals surface area contributed by atoms with Crippen LogP contribution in [0.15, 0.2) is 46.9 Å². The van der Waals surface area contributed by atoms with Crippen LogP contribution in [-0.4, -0.2) is 23.0 Å². The summed E-state index contributed by atoms with van der Waals surface area (Å²) >= 11 is 5.98. The highest BCUT2D eigenvalue weighted by molar-refractivity contribution is 6.31. The second-order valence-electron chi connectivity index (χ2n) is 6.29. The Kier molecular flexibility index (Phi) is 4.41. The Morgan fingerprint density at radius 1 is 1.04 bits per heavy atom. The first kappa shape index (κ1) is 15.5. The SMILES string of the molecule is Clc1ccc2oc(Nc3ccc(CN4CCCCC4)cc3)nc2c1. The molecule has 124 valence electrons. The van der Waals surface area contributed by atoms with Crippen LogP contribution in [0.5, 0.6) is 0 Å². The van der Waals surface area contributed by atoms with Crippen LogP contribution in [0.4, 0.5) is 11.7 Å². The minimum Gasteiger partial charge on any atom is -0.423 e. The number of nitrogens with zero attached hydrogens (tertiary/aromatic N) is 2. The number of fused-ring (bicyclic) bond motifs is 1. The number of benzene rings is 2. The Balaban J connectivity index is 1.44. The van der Waals surface area contributed by atoms with E-state index in [0.29, 0.717) is 11.0 Å². The van der Waals surface area contributed by atoms with E-state index in [9.17, 15) is 0 Å². The normalized spacial score (nSPS) is 15.7. The zero-order chi connectivity index (χ0) is 16.4. The molecule has 5 heteroatoms. The number of nitrogens with one attached hydrogen (secondary N) is 1. The van der Waals surface area contributed by atoms with Crippen molar-refractivity contribution in [3.05, 3.63) is 53.1 Å². The number of hydrogen-bond acceptors (Lipinski definition) is 4. The molecule has 0 bridgehead atoms. The second-order valence-corrected chi connectivity index (χ2v) is 6.73. The van der Waals surface area contributed by atoms with E-state index in [-0.39, 0.29) is 0 Å². The summed E-state index contributed by atoms with van der Waals surface area (Å²) in [6, 6.07) is 14.4. The van der Waals surface area contributed by atoms with Gasteiger partial charge in [0.1, 0.15) is 5.52 Å². The molecule has 0 amide bonds. The van der Waals surface area contributed by atoms with Crippen LogP contribution in [0.1, 0.15) is 24.8 Å². The van der Waals surface area contributed by atoms with Crippen molar-refractivity contribution in [1.29, 1.82) is 0 Å². The first-order valence-corrected chi connectivity index (χ1v) is 8.78. The molecular formula is C19H20ClN3O. The van der Waals surface area contributed by atoms with E-state index in [1.165, 1.54) is 37.9 Å². The van der Waals surface area contributed by atoms with Gasteiger partial charge in [-0.1, -0.05) is 30.2 Å². The molecule has 0 saturated carbocycles. The Morgan fingerprint density at radius 3 is 2.62 bits per heavy atom. The van der Waals surface area contributed by atoms with Crippen LogP contribution in [0.25, 0.3) is 11.1 Å². The van der Waals surface area contributed by atoms with Gasteiger partial charge in [-0.15, -0.1) is 0 Å². The zero-order valence-electron chi connectivity index (χ0n) is 13.5. The number of halogens is 1. The van der Waals surface area contributed by atoms with Crippen LogP contribution in [0.2, 0.25) is 5.02 Å². The number of aromatic nitrogens is 1. The molecule has 4 nitrogen and oxygen atoms in total. The second kappa shape index (κ2) is 6.83. The van der Waals surface area contributed by atoms with Gasteiger partial charge in [-0.05, 0) is 61.8 Å². The maximum atomic E-state index is 5.98. The Hall–Kier alpha value is -2.04. The lowest BCUT2D eigenvalue weighted by atomic mass is 10.1. The van der Waals surface area contributed by atoms with Gasteiger partial charge < -0.3 is 9.73 Å². The molecule has 1 fully saturated rings. The van der Waals surface area contributed by atoms with Crippen molar-refractivity contribution in [2.45, 2.75) is 25.8 Å². The fraction of sp³-hybridized carbons (Fsp3) is 0.316. The van der Waals surface area contributed by atoms with Crippen molar-refractivity contribution in [3.8, 4) is 0 Å². The van der Waals surface area contributed by atoms with Crippen molar-refractivity contribution in [2.24, 2.45) is 0 Å². The predicted octanol–water partition coefficient (Wildman–Crippen LogP) is 5.21. The molecule has 0 aliphatic carbocycles. The minimum atomic E-state index is 0.482. The van der Waals surface area contributed by atoms with Crippen LogP contribution in [0.3, 0.4) is 0 Å². The molecule has 1 aliphatic rings. The Bertz CT molecular complexity index is 822. The lowest BCUT2D eigenvalue weighted by Gasteiger charge is -2.26. The van der Waals surface area contributed by atoms with E-state index >= 15 is 0 Å². The molecule has 0 unspecified atom stereocenters. The van der Waals surface area contributed by atoms with E-state index in [1.807, 2.05) is 6.07 Å².